The van der Waals surface area contributed by atoms with Gasteiger partial charge in [0, 0.05) is 16.2 Å². The molecule has 7 heteroatoms. The average Bonchev–Trinajstić information content (AvgIpc) is 2.51. The molecule has 0 spiro atoms. The molecule has 120 valence electrons. The van der Waals surface area contributed by atoms with E-state index in [4.69, 9.17) is 4.74 Å². The Bertz CT molecular complexity index is 850. The first-order valence-corrected chi connectivity index (χ1v) is 6.83. The van der Waals surface area contributed by atoms with Gasteiger partial charge in [0.05, 0.1) is 5.52 Å². The average molecular weight is 322 g/mol. The number of fused-ring (bicyclic) bond motifs is 3. The second-order valence-electron chi connectivity index (χ2n) is 4.83. The zero-order valence-electron chi connectivity index (χ0n) is 12.1. The molecule has 1 aromatic heterocycles. The van der Waals surface area contributed by atoms with Crippen LogP contribution in [0, 0.1) is 0 Å². The van der Waals surface area contributed by atoms with E-state index in [0.29, 0.717) is 22.2 Å². The molecule has 3 aromatic rings. The van der Waals surface area contributed by atoms with E-state index in [2.05, 4.69) is 15.0 Å². The van der Waals surface area contributed by atoms with Gasteiger partial charge in [0.25, 0.3) is 0 Å². The summed E-state index contributed by atoms with van der Waals surface area (Å²) in [5.41, 5.74) is 0.635. The minimum atomic E-state index is -4.73. The van der Waals surface area contributed by atoms with Gasteiger partial charge in [-0.3, -0.25) is 5.32 Å². The molecule has 0 amide bonds. The van der Waals surface area contributed by atoms with Crippen LogP contribution in [0.5, 0.6) is 11.6 Å². The van der Waals surface area contributed by atoms with Crippen molar-refractivity contribution in [3.8, 4) is 11.6 Å². The van der Waals surface area contributed by atoms with Crippen LogP contribution in [0.3, 0.4) is 0 Å². The number of nitrogens with one attached hydrogen (secondary N) is 1. The van der Waals surface area contributed by atoms with E-state index in [1.54, 1.807) is 31.3 Å². The fourth-order valence-corrected chi connectivity index (χ4v) is 2.35. The lowest BCUT2D eigenvalue weighted by molar-refractivity contribution is -0.274. The van der Waals surface area contributed by atoms with Gasteiger partial charge in [-0.1, -0.05) is 18.2 Å². The van der Waals surface area contributed by atoms with Gasteiger partial charge >= 0.3 is 6.36 Å². The maximum Gasteiger partial charge on any atom is 0.573 e. The predicted octanol–water partition coefficient (Wildman–Crippen LogP) is 3.84. The molecule has 1 N–H and O–H groups in total. The molecule has 3 rings (SSSR count). The van der Waals surface area contributed by atoms with Gasteiger partial charge in [-0.2, -0.15) is 0 Å². The highest BCUT2D eigenvalue weighted by atomic mass is 19.4. The first-order chi connectivity index (χ1) is 11.0. The maximum atomic E-state index is 12.4. The number of benzene rings is 2. The van der Waals surface area contributed by atoms with E-state index < -0.39 is 6.36 Å². The van der Waals surface area contributed by atoms with Gasteiger partial charge in [-0.25, -0.2) is 4.98 Å². The predicted molar refractivity (Wildman–Crippen MR) is 80.5 cm³/mol. The second kappa shape index (κ2) is 5.92. The van der Waals surface area contributed by atoms with Crippen LogP contribution in [0.1, 0.15) is 0 Å². The van der Waals surface area contributed by atoms with Crippen LogP contribution in [0.25, 0.3) is 21.7 Å². The Morgan fingerprint density at radius 2 is 1.83 bits per heavy atom. The van der Waals surface area contributed by atoms with Crippen molar-refractivity contribution in [3.05, 3.63) is 42.5 Å². The number of ether oxygens (including phenoxy) is 2. The van der Waals surface area contributed by atoms with Crippen LogP contribution >= 0.6 is 0 Å². The van der Waals surface area contributed by atoms with Crippen molar-refractivity contribution in [2.75, 3.05) is 13.8 Å². The van der Waals surface area contributed by atoms with Crippen LogP contribution in [0.15, 0.2) is 42.5 Å². The quantitative estimate of drug-likeness (QED) is 0.585. The van der Waals surface area contributed by atoms with Gasteiger partial charge in [0.15, 0.2) is 0 Å². The number of nitrogens with zero attached hydrogens (tertiary/aromatic N) is 1. The fraction of sp³-hybridized carbons (Fsp3) is 0.188. The van der Waals surface area contributed by atoms with E-state index in [0.717, 1.165) is 5.39 Å². The Balaban J connectivity index is 2.21. The molecule has 2 aromatic carbocycles. The third-order valence-corrected chi connectivity index (χ3v) is 3.22. The van der Waals surface area contributed by atoms with Crippen molar-refractivity contribution in [2.24, 2.45) is 0 Å². The summed E-state index contributed by atoms with van der Waals surface area (Å²) in [6, 6.07) is 11.3. The van der Waals surface area contributed by atoms with E-state index in [1.165, 1.54) is 18.2 Å². The Labute approximate surface area is 129 Å². The zero-order valence-corrected chi connectivity index (χ0v) is 12.1. The number of hydrogen-bond donors (Lipinski definition) is 1. The summed E-state index contributed by atoms with van der Waals surface area (Å²) in [4.78, 5) is 4.42. The topological polar surface area (TPSA) is 43.4 Å². The van der Waals surface area contributed by atoms with Crippen LogP contribution in [0.2, 0.25) is 0 Å². The first-order valence-electron chi connectivity index (χ1n) is 6.83. The molecule has 1 heterocycles. The summed E-state index contributed by atoms with van der Waals surface area (Å²) in [6.45, 7) is 0.237. The number of halogens is 3. The van der Waals surface area contributed by atoms with Gasteiger partial charge in [0.2, 0.25) is 5.88 Å². The molecule has 0 saturated carbocycles. The molecular formula is C16H13F3N2O2. The van der Waals surface area contributed by atoms with Crippen LogP contribution in [-0.2, 0) is 0 Å². The molecular weight excluding hydrogens is 309 g/mol. The summed E-state index contributed by atoms with van der Waals surface area (Å²) in [6.07, 6.45) is -4.73. The lowest BCUT2D eigenvalue weighted by Crippen LogP contribution is -2.17. The van der Waals surface area contributed by atoms with Crippen molar-refractivity contribution in [1.29, 1.82) is 0 Å². The smallest absolute Gasteiger partial charge is 0.461 e. The molecule has 0 saturated heterocycles. The van der Waals surface area contributed by atoms with Gasteiger partial charge < -0.3 is 9.47 Å². The number of pyridine rings is 1. The molecule has 0 aliphatic carbocycles. The number of hydrogen-bond acceptors (Lipinski definition) is 4. The second-order valence-corrected chi connectivity index (χ2v) is 4.83. The standard InChI is InChI=1S/C16H13F3N2O2/c1-20-9-22-15-12-7-6-10(23-16(17,18)19)8-13(12)11-4-2-3-5-14(11)21-15/h2-8,20H,9H2,1H3. The largest absolute Gasteiger partial charge is 0.573 e. The molecule has 4 nitrogen and oxygen atoms in total. The van der Waals surface area contributed by atoms with E-state index in [-0.39, 0.29) is 12.5 Å². The minimum absolute atomic E-state index is 0.237. The summed E-state index contributed by atoms with van der Waals surface area (Å²) < 4.78 is 46.8. The molecule has 23 heavy (non-hydrogen) atoms. The highest BCUT2D eigenvalue weighted by Gasteiger charge is 2.31. The summed E-state index contributed by atoms with van der Waals surface area (Å²) in [5, 5.41) is 4.77. The number of para-hydroxylation sites is 1. The van der Waals surface area contributed by atoms with Gasteiger partial charge in [-0.15, -0.1) is 13.2 Å². The van der Waals surface area contributed by atoms with Crippen molar-refractivity contribution in [3.63, 3.8) is 0 Å². The SMILES string of the molecule is CNCOc1nc2ccccc2c2cc(OC(F)(F)F)ccc12. The van der Waals surface area contributed by atoms with E-state index in [1.807, 2.05) is 0 Å². The Morgan fingerprint density at radius 1 is 1.04 bits per heavy atom. The van der Waals surface area contributed by atoms with Crippen molar-refractivity contribution < 1.29 is 22.6 Å². The van der Waals surface area contributed by atoms with Crippen molar-refractivity contribution >= 4 is 21.7 Å². The van der Waals surface area contributed by atoms with Gasteiger partial charge in [0.1, 0.15) is 12.5 Å². The Hall–Kier alpha value is -2.54. The Kier molecular flexibility index (Phi) is 3.96. The fourth-order valence-electron chi connectivity index (χ4n) is 2.35. The number of alkyl halides is 3. The van der Waals surface area contributed by atoms with Gasteiger partial charge in [-0.05, 0) is 31.3 Å². The third kappa shape index (κ3) is 3.29. The third-order valence-electron chi connectivity index (χ3n) is 3.22. The lowest BCUT2D eigenvalue weighted by Gasteiger charge is -2.13. The molecule has 0 atom stereocenters. The molecule has 0 fully saturated rings. The molecule has 0 radical (unpaired) electrons. The highest BCUT2D eigenvalue weighted by Crippen LogP contribution is 2.34. The highest BCUT2D eigenvalue weighted by molar-refractivity contribution is 6.08. The molecule has 0 aliphatic rings. The maximum absolute atomic E-state index is 12.4. The van der Waals surface area contributed by atoms with Crippen LogP contribution in [0.4, 0.5) is 13.2 Å². The zero-order chi connectivity index (χ0) is 16.4. The monoisotopic (exact) mass is 322 g/mol. The Morgan fingerprint density at radius 3 is 2.57 bits per heavy atom. The lowest BCUT2D eigenvalue weighted by atomic mass is 10.1. The minimum Gasteiger partial charge on any atom is -0.461 e. The van der Waals surface area contributed by atoms with Crippen molar-refractivity contribution in [2.45, 2.75) is 6.36 Å². The van der Waals surface area contributed by atoms with E-state index >= 15 is 0 Å². The van der Waals surface area contributed by atoms with Crippen LogP contribution < -0.4 is 14.8 Å². The normalized spacial score (nSPS) is 11.8. The molecule has 0 aliphatic heterocycles. The molecule has 0 unspecified atom stereocenters. The summed E-state index contributed by atoms with van der Waals surface area (Å²) in [5.74, 6) is 0.0764. The number of aromatic nitrogens is 1. The first kappa shape index (κ1) is 15.4. The molecule has 0 bridgehead atoms. The van der Waals surface area contributed by atoms with Crippen LogP contribution in [-0.4, -0.2) is 25.1 Å². The number of rotatable bonds is 4. The van der Waals surface area contributed by atoms with E-state index in [9.17, 15) is 13.2 Å². The van der Waals surface area contributed by atoms with Crippen molar-refractivity contribution in [1.82, 2.24) is 10.3 Å². The summed E-state index contributed by atoms with van der Waals surface area (Å²) in [7, 11) is 1.72. The summed E-state index contributed by atoms with van der Waals surface area (Å²) >= 11 is 0.